The molecule has 0 aromatic carbocycles. The monoisotopic (exact) mass is 264 g/mol. The van der Waals surface area contributed by atoms with E-state index in [1.54, 1.807) is 0 Å². The van der Waals surface area contributed by atoms with Crippen LogP contribution in [0.2, 0.25) is 0 Å². The zero-order valence-electron chi connectivity index (χ0n) is 9.34. The third-order valence-corrected chi connectivity index (χ3v) is 2.51. The van der Waals surface area contributed by atoms with Crippen LogP contribution in [0.15, 0.2) is 0 Å². The van der Waals surface area contributed by atoms with Gasteiger partial charge in [-0.05, 0) is 20.3 Å². The molecule has 0 amide bonds. The van der Waals surface area contributed by atoms with E-state index in [-0.39, 0.29) is 47.2 Å². The molecule has 1 saturated heterocycles. The Morgan fingerprint density at radius 1 is 1.28 bits per heavy atom. The summed E-state index contributed by atoms with van der Waals surface area (Å²) in [5, 5.41) is 0. The lowest BCUT2D eigenvalue weighted by atomic mass is 9.87. The number of esters is 1. The standard InChI is InChI=1S/C11H20O3.4CH4/c1-4-5-6-11(2,3)10(12)14-8-9-7-13-9;;;;/h9H,4-8H2,1-3H3;4*1H4. The van der Waals surface area contributed by atoms with Crippen molar-refractivity contribution >= 4 is 5.97 Å². The molecule has 0 aromatic heterocycles. The molecule has 1 aliphatic heterocycles. The number of hydrogen-bond acceptors (Lipinski definition) is 3. The van der Waals surface area contributed by atoms with Crippen LogP contribution >= 0.6 is 0 Å². The van der Waals surface area contributed by atoms with E-state index in [4.69, 9.17) is 9.47 Å². The number of rotatable bonds is 6. The van der Waals surface area contributed by atoms with E-state index in [0.717, 1.165) is 25.9 Å². The van der Waals surface area contributed by atoms with Gasteiger partial charge in [-0.25, -0.2) is 0 Å². The second-order valence-electron chi connectivity index (χ2n) is 4.54. The highest BCUT2D eigenvalue weighted by Gasteiger charge is 2.31. The Labute approximate surface area is 115 Å². The first-order valence-electron chi connectivity index (χ1n) is 5.35. The molecule has 0 aromatic rings. The molecule has 1 aliphatic rings. The average molecular weight is 264 g/mol. The normalized spacial score (nSPS) is 16.1. The number of carbonyl (C=O) groups excluding carboxylic acids is 1. The predicted octanol–water partition coefficient (Wildman–Crippen LogP) is 4.69. The summed E-state index contributed by atoms with van der Waals surface area (Å²) in [6, 6.07) is 0. The summed E-state index contributed by atoms with van der Waals surface area (Å²) in [5.41, 5.74) is -0.342. The maximum Gasteiger partial charge on any atom is 0.311 e. The molecule has 1 unspecified atom stereocenters. The zero-order chi connectivity index (χ0) is 10.6. The molecule has 0 saturated carbocycles. The second kappa shape index (κ2) is 11.5. The van der Waals surface area contributed by atoms with Crippen molar-refractivity contribution < 1.29 is 14.3 Å². The molecule has 18 heavy (non-hydrogen) atoms. The molecule has 1 rings (SSSR count). The van der Waals surface area contributed by atoms with Crippen LogP contribution in [0, 0.1) is 5.41 Å². The van der Waals surface area contributed by atoms with Crippen molar-refractivity contribution in [3.05, 3.63) is 0 Å². The summed E-state index contributed by atoms with van der Waals surface area (Å²) in [6.45, 7) is 7.17. The quantitative estimate of drug-likeness (QED) is 0.516. The highest BCUT2D eigenvalue weighted by molar-refractivity contribution is 5.75. The Kier molecular flexibility index (Phi) is 16.7. The summed E-state index contributed by atoms with van der Waals surface area (Å²) >= 11 is 0. The van der Waals surface area contributed by atoms with Crippen molar-refractivity contribution in [1.82, 2.24) is 0 Å². The van der Waals surface area contributed by atoms with Crippen molar-refractivity contribution in [2.24, 2.45) is 5.41 Å². The van der Waals surface area contributed by atoms with E-state index in [2.05, 4.69) is 6.92 Å². The van der Waals surface area contributed by atoms with Gasteiger partial charge in [0.15, 0.2) is 0 Å². The van der Waals surface area contributed by atoms with Crippen molar-refractivity contribution in [3.63, 3.8) is 0 Å². The number of epoxide rings is 1. The first-order valence-corrected chi connectivity index (χ1v) is 5.35. The lowest BCUT2D eigenvalue weighted by Crippen LogP contribution is -2.27. The van der Waals surface area contributed by atoms with Crippen LogP contribution in [0.25, 0.3) is 0 Å². The van der Waals surface area contributed by atoms with Gasteiger partial charge >= 0.3 is 5.97 Å². The molecule has 3 heteroatoms. The molecular formula is C15H36O3. The summed E-state index contributed by atoms with van der Waals surface area (Å²) in [4.78, 5) is 11.6. The van der Waals surface area contributed by atoms with Crippen LogP contribution in [-0.4, -0.2) is 25.3 Å². The first-order chi connectivity index (χ1) is 6.56. The number of ether oxygens (including phenoxy) is 2. The van der Waals surface area contributed by atoms with Gasteiger partial charge in [-0.3, -0.25) is 4.79 Å². The van der Waals surface area contributed by atoms with Gasteiger partial charge in [-0.2, -0.15) is 0 Å². The Hall–Kier alpha value is -0.570. The molecule has 0 N–H and O–H groups in total. The van der Waals surface area contributed by atoms with Crippen LogP contribution in [0.4, 0.5) is 0 Å². The molecular weight excluding hydrogens is 228 g/mol. The molecule has 0 radical (unpaired) electrons. The van der Waals surface area contributed by atoms with E-state index in [0.29, 0.717) is 6.61 Å². The van der Waals surface area contributed by atoms with Crippen LogP contribution < -0.4 is 0 Å². The molecule has 1 atom stereocenters. The fraction of sp³-hybridized carbons (Fsp3) is 0.933. The Morgan fingerprint density at radius 2 is 1.78 bits per heavy atom. The lowest BCUT2D eigenvalue weighted by molar-refractivity contribution is -0.154. The van der Waals surface area contributed by atoms with Gasteiger partial charge in [0.25, 0.3) is 0 Å². The van der Waals surface area contributed by atoms with Gasteiger partial charge in [-0.15, -0.1) is 0 Å². The maximum atomic E-state index is 11.6. The minimum atomic E-state index is -0.342. The zero-order valence-corrected chi connectivity index (χ0v) is 9.34. The Morgan fingerprint density at radius 3 is 2.17 bits per heavy atom. The Bertz CT molecular complexity index is 196. The van der Waals surface area contributed by atoms with Gasteiger partial charge in [0.05, 0.1) is 12.0 Å². The molecule has 0 aliphatic carbocycles. The third-order valence-electron chi connectivity index (χ3n) is 2.51. The van der Waals surface area contributed by atoms with Crippen molar-refractivity contribution in [2.75, 3.05) is 13.2 Å². The van der Waals surface area contributed by atoms with Crippen LogP contribution in [0.1, 0.15) is 69.7 Å². The molecule has 1 heterocycles. The van der Waals surface area contributed by atoms with Crippen LogP contribution in [0.3, 0.4) is 0 Å². The maximum absolute atomic E-state index is 11.6. The van der Waals surface area contributed by atoms with Gasteiger partial charge < -0.3 is 9.47 Å². The minimum Gasteiger partial charge on any atom is -0.462 e. The number of unbranched alkanes of at least 4 members (excludes halogenated alkanes) is 1. The predicted molar refractivity (Wildman–Crippen MR) is 80.9 cm³/mol. The molecule has 1 fully saturated rings. The fourth-order valence-corrected chi connectivity index (χ4v) is 1.25. The lowest BCUT2D eigenvalue weighted by Gasteiger charge is -2.21. The van der Waals surface area contributed by atoms with Gasteiger partial charge in [0, 0.05) is 0 Å². The average Bonchev–Trinajstić information content (AvgIpc) is 2.94. The van der Waals surface area contributed by atoms with E-state index in [1.165, 1.54) is 0 Å². The molecule has 0 spiro atoms. The number of hydrogen-bond donors (Lipinski definition) is 0. The molecule has 114 valence electrons. The fourth-order valence-electron chi connectivity index (χ4n) is 1.25. The van der Waals surface area contributed by atoms with Crippen molar-refractivity contribution in [3.8, 4) is 0 Å². The smallest absolute Gasteiger partial charge is 0.311 e. The SMILES string of the molecule is C.C.C.C.CCCCC(C)(C)C(=O)OCC1CO1. The summed E-state index contributed by atoms with van der Waals surface area (Å²) in [7, 11) is 0. The van der Waals surface area contributed by atoms with Gasteiger partial charge in [0.2, 0.25) is 0 Å². The van der Waals surface area contributed by atoms with Crippen molar-refractivity contribution in [1.29, 1.82) is 0 Å². The topological polar surface area (TPSA) is 38.8 Å². The summed E-state index contributed by atoms with van der Waals surface area (Å²) in [6.07, 6.45) is 3.25. The van der Waals surface area contributed by atoms with E-state index < -0.39 is 0 Å². The third kappa shape index (κ3) is 9.46. The summed E-state index contributed by atoms with van der Waals surface area (Å²) in [5.74, 6) is -0.0959. The highest BCUT2D eigenvalue weighted by atomic mass is 16.6. The molecule has 0 bridgehead atoms. The Balaban J connectivity index is -0.000000245. The van der Waals surface area contributed by atoms with Crippen molar-refractivity contribution in [2.45, 2.75) is 75.8 Å². The van der Waals surface area contributed by atoms with E-state index in [1.807, 2.05) is 13.8 Å². The van der Waals surface area contributed by atoms with Crippen LogP contribution in [-0.2, 0) is 14.3 Å². The van der Waals surface area contributed by atoms with Crippen LogP contribution in [0.5, 0.6) is 0 Å². The minimum absolute atomic E-state index is 0. The summed E-state index contributed by atoms with van der Waals surface area (Å²) < 4.78 is 10.1. The number of carbonyl (C=O) groups is 1. The first kappa shape index (κ1) is 26.1. The van der Waals surface area contributed by atoms with Gasteiger partial charge in [0.1, 0.15) is 12.7 Å². The second-order valence-corrected chi connectivity index (χ2v) is 4.54. The molecule has 3 nitrogen and oxygen atoms in total. The largest absolute Gasteiger partial charge is 0.462 e. The highest BCUT2D eigenvalue weighted by Crippen LogP contribution is 2.25. The van der Waals surface area contributed by atoms with E-state index >= 15 is 0 Å². The van der Waals surface area contributed by atoms with Gasteiger partial charge in [-0.1, -0.05) is 49.5 Å². The van der Waals surface area contributed by atoms with E-state index in [9.17, 15) is 4.79 Å².